The fourth-order valence-corrected chi connectivity index (χ4v) is 5.79. The molecule has 0 spiro atoms. The quantitative estimate of drug-likeness (QED) is 0.134. The van der Waals surface area contributed by atoms with Gasteiger partial charge in [-0.05, 0) is 35.1 Å². The Morgan fingerprint density at radius 2 is 0.917 bits per heavy atom. The van der Waals surface area contributed by atoms with Crippen molar-refractivity contribution < 1.29 is 4.39 Å². The van der Waals surface area contributed by atoms with E-state index in [1.807, 2.05) is 18.2 Å². The van der Waals surface area contributed by atoms with Crippen LogP contribution in [0.2, 0.25) is 0 Å². The molecule has 1 heteroatoms. The van der Waals surface area contributed by atoms with E-state index >= 15 is 4.39 Å². The molecule has 0 aliphatic rings. The molecule has 0 radical (unpaired) electrons. The third kappa shape index (κ3) is 12.7. The van der Waals surface area contributed by atoms with Gasteiger partial charge in [-0.15, -0.1) is 0 Å². The topological polar surface area (TPSA) is 0 Å². The van der Waals surface area contributed by atoms with E-state index in [4.69, 9.17) is 0 Å². The van der Waals surface area contributed by atoms with E-state index in [2.05, 4.69) is 38.1 Å². The first kappa shape index (κ1) is 30.9. The number of rotatable bonds is 23. The highest BCUT2D eigenvalue weighted by Gasteiger charge is 2.23. The Bertz CT molecular complexity index is 761. The van der Waals surface area contributed by atoms with Gasteiger partial charge in [0.2, 0.25) is 0 Å². The molecule has 36 heavy (non-hydrogen) atoms. The summed E-state index contributed by atoms with van der Waals surface area (Å²) in [6.45, 7) is 4.55. The highest BCUT2D eigenvalue weighted by atomic mass is 19.1. The minimum atomic E-state index is -0.843. The fraction of sp³-hybridized carbons (Fsp3) is 0.714. The van der Waals surface area contributed by atoms with Crippen molar-refractivity contribution >= 4 is 10.8 Å². The lowest BCUT2D eigenvalue weighted by atomic mass is 9.85. The van der Waals surface area contributed by atoms with Crippen molar-refractivity contribution in [1.29, 1.82) is 0 Å². The van der Waals surface area contributed by atoms with Gasteiger partial charge in [0.15, 0.2) is 0 Å². The number of alkyl halides is 1. The van der Waals surface area contributed by atoms with E-state index < -0.39 is 6.17 Å². The summed E-state index contributed by atoms with van der Waals surface area (Å²) in [4.78, 5) is 0. The Morgan fingerprint density at radius 3 is 1.42 bits per heavy atom. The summed E-state index contributed by atoms with van der Waals surface area (Å²) in [5.74, 6) is 0.162. The molecule has 0 saturated heterocycles. The molecular weight excluding hydrogens is 439 g/mol. The zero-order chi connectivity index (χ0) is 25.7. The molecule has 0 bridgehead atoms. The van der Waals surface area contributed by atoms with Crippen molar-refractivity contribution in [2.45, 2.75) is 155 Å². The van der Waals surface area contributed by atoms with Gasteiger partial charge in [-0.2, -0.15) is 0 Å². The Kier molecular flexibility index (Phi) is 17.7. The van der Waals surface area contributed by atoms with Gasteiger partial charge >= 0.3 is 0 Å². The third-order valence-corrected chi connectivity index (χ3v) is 8.14. The summed E-state index contributed by atoms with van der Waals surface area (Å²) in [5, 5.41) is 2.26. The summed E-state index contributed by atoms with van der Waals surface area (Å²) in [7, 11) is 0. The second-order valence-electron chi connectivity index (χ2n) is 11.3. The number of hydrogen-bond acceptors (Lipinski definition) is 0. The van der Waals surface area contributed by atoms with Crippen LogP contribution in [-0.4, -0.2) is 0 Å². The van der Waals surface area contributed by atoms with Gasteiger partial charge in [-0.1, -0.05) is 178 Å². The maximum absolute atomic E-state index is 16.0. The lowest BCUT2D eigenvalue weighted by molar-refractivity contribution is 0.202. The molecule has 0 aliphatic heterocycles. The van der Waals surface area contributed by atoms with Gasteiger partial charge in [0, 0.05) is 0 Å². The molecule has 2 rings (SSSR count). The summed E-state index contributed by atoms with van der Waals surface area (Å²) in [6.07, 6.45) is 26.8. The summed E-state index contributed by atoms with van der Waals surface area (Å²) in [6, 6.07) is 14.5. The van der Waals surface area contributed by atoms with Crippen LogP contribution in [0.5, 0.6) is 0 Å². The molecule has 0 amide bonds. The molecule has 0 aromatic heterocycles. The average molecular weight is 497 g/mol. The Morgan fingerprint density at radius 1 is 0.500 bits per heavy atom. The molecule has 2 aromatic rings. The summed E-state index contributed by atoms with van der Waals surface area (Å²) < 4.78 is 16.0. The van der Waals surface area contributed by atoms with Crippen molar-refractivity contribution in [2.24, 2.45) is 5.92 Å². The van der Waals surface area contributed by atoms with Crippen molar-refractivity contribution in [3.63, 3.8) is 0 Å². The van der Waals surface area contributed by atoms with E-state index in [1.54, 1.807) is 0 Å². The smallest absolute Gasteiger partial charge is 0.129 e. The van der Waals surface area contributed by atoms with Gasteiger partial charge in [0.25, 0.3) is 0 Å². The lowest BCUT2D eigenvalue weighted by Crippen LogP contribution is -2.10. The van der Waals surface area contributed by atoms with Gasteiger partial charge in [0.1, 0.15) is 6.17 Å². The number of unbranched alkanes of at least 4 members (excludes halogenated alkanes) is 17. The third-order valence-electron chi connectivity index (χ3n) is 8.14. The molecule has 2 unspecified atom stereocenters. The van der Waals surface area contributed by atoms with Crippen LogP contribution in [0.3, 0.4) is 0 Å². The molecule has 204 valence electrons. The van der Waals surface area contributed by atoms with Gasteiger partial charge in [-0.25, -0.2) is 4.39 Å². The second kappa shape index (κ2) is 20.7. The Hall–Kier alpha value is -1.37. The van der Waals surface area contributed by atoms with Crippen LogP contribution in [0.4, 0.5) is 4.39 Å². The Labute approximate surface area is 223 Å². The van der Waals surface area contributed by atoms with E-state index in [1.165, 1.54) is 122 Å². The van der Waals surface area contributed by atoms with Crippen LogP contribution < -0.4 is 0 Å². The molecule has 0 saturated carbocycles. The van der Waals surface area contributed by atoms with E-state index in [9.17, 15) is 0 Å². The highest BCUT2D eigenvalue weighted by Crippen LogP contribution is 2.37. The fourth-order valence-electron chi connectivity index (χ4n) is 5.79. The van der Waals surface area contributed by atoms with Crippen LogP contribution in [0, 0.1) is 5.92 Å². The van der Waals surface area contributed by atoms with Gasteiger partial charge in [-0.3, -0.25) is 0 Å². The van der Waals surface area contributed by atoms with Crippen LogP contribution in [-0.2, 0) is 0 Å². The maximum atomic E-state index is 16.0. The first-order valence-corrected chi connectivity index (χ1v) is 15.9. The standard InChI is InChI=1S/C35H57F/c1-3-5-7-9-10-11-12-13-14-15-16-17-19-21-27-32(26-20-18-8-6-4-2)35(36)34-30-24-28-31-25-22-23-29-33(31)34/h22-25,28-30,32,35H,3-21,26-27H2,1-2H3. The van der Waals surface area contributed by atoms with Gasteiger partial charge < -0.3 is 0 Å². The number of benzene rings is 2. The molecule has 0 aliphatic carbocycles. The zero-order valence-electron chi connectivity index (χ0n) is 23.9. The number of hydrogen-bond donors (Lipinski definition) is 0. The monoisotopic (exact) mass is 496 g/mol. The predicted molar refractivity (Wildman–Crippen MR) is 160 cm³/mol. The van der Waals surface area contributed by atoms with Crippen LogP contribution in [0.15, 0.2) is 42.5 Å². The minimum Gasteiger partial charge on any atom is -0.242 e. The highest BCUT2D eigenvalue weighted by molar-refractivity contribution is 5.86. The van der Waals surface area contributed by atoms with Crippen molar-refractivity contribution in [3.8, 4) is 0 Å². The van der Waals surface area contributed by atoms with Crippen molar-refractivity contribution in [1.82, 2.24) is 0 Å². The first-order chi connectivity index (χ1) is 17.8. The number of fused-ring (bicyclic) bond motifs is 1. The normalized spacial score (nSPS) is 13.3. The predicted octanol–water partition coefficient (Wildman–Crippen LogP) is 12.7. The zero-order valence-corrected chi connectivity index (χ0v) is 23.9. The van der Waals surface area contributed by atoms with E-state index in [-0.39, 0.29) is 5.92 Å². The Balaban J connectivity index is 1.68. The van der Waals surface area contributed by atoms with Crippen LogP contribution in [0.25, 0.3) is 10.8 Å². The molecule has 0 heterocycles. The molecule has 2 aromatic carbocycles. The summed E-state index contributed by atoms with van der Waals surface area (Å²) >= 11 is 0. The average Bonchev–Trinajstić information content (AvgIpc) is 2.91. The molecular formula is C35H57F. The van der Waals surface area contributed by atoms with Crippen molar-refractivity contribution in [3.05, 3.63) is 48.0 Å². The minimum absolute atomic E-state index is 0.162. The van der Waals surface area contributed by atoms with Crippen LogP contribution in [0.1, 0.15) is 160 Å². The number of halogens is 1. The van der Waals surface area contributed by atoms with Crippen LogP contribution >= 0.6 is 0 Å². The molecule has 0 nitrogen and oxygen atoms in total. The summed E-state index contributed by atoms with van der Waals surface area (Å²) in [5.41, 5.74) is 0.914. The largest absolute Gasteiger partial charge is 0.242 e. The first-order valence-electron chi connectivity index (χ1n) is 15.9. The molecule has 0 fully saturated rings. The maximum Gasteiger partial charge on any atom is 0.129 e. The molecule has 0 N–H and O–H groups in total. The lowest BCUT2D eigenvalue weighted by Gasteiger charge is -2.23. The van der Waals surface area contributed by atoms with Gasteiger partial charge in [0.05, 0.1) is 0 Å². The SMILES string of the molecule is CCCCCCCCCCCCCCCCC(CCCCCCC)C(F)c1cccc2ccccc12. The van der Waals surface area contributed by atoms with E-state index in [0.29, 0.717) is 0 Å². The second-order valence-corrected chi connectivity index (χ2v) is 11.3. The van der Waals surface area contributed by atoms with Crippen molar-refractivity contribution in [2.75, 3.05) is 0 Å². The van der Waals surface area contributed by atoms with E-state index in [0.717, 1.165) is 29.2 Å². The molecule has 2 atom stereocenters.